The quantitative estimate of drug-likeness (QED) is 0.544. The zero-order valence-electron chi connectivity index (χ0n) is 14.6. The molecule has 9 heteroatoms. The number of rotatable bonds is 8. The maximum Gasteiger partial charge on any atom is 0.232 e. The van der Waals surface area contributed by atoms with Gasteiger partial charge < -0.3 is 5.32 Å². The van der Waals surface area contributed by atoms with Crippen LogP contribution in [0.5, 0.6) is 0 Å². The number of amides is 1. The third kappa shape index (κ3) is 5.69. The van der Waals surface area contributed by atoms with Gasteiger partial charge in [0.05, 0.1) is 27.4 Å². The Labute approximate surface area is 166 Å². The van der Waals surface area contributed by atoms with Crippen molar-refractivity contribution >= 4 is 54.9 Å². The summed E-state index contributed by atoms with van der Waals surface area (Å²) >= 11 is 2.81. The molecule has 1 amide bonds. The van der Waals surface area contributed by atoms with Crippen molar-refractivity contribution in [2.45, 2.75) is 17.8 Å². The molecule has 3 aromatic rings. The molecule has 0 unspecified atom stereocenters. The molecule has 27 heavy (non-hydrogen) atoms. The maximum absolute atomic E-state index is 12.0. The first-order valence-corrected chi connectivity index (χ1v) is 11.7. The van der Waals surface area contributed by atoms with E-state index in [1.165, 1.54) is 23.1 Å². The van der Waals surface area contributed by atoms with Crippen LogP contribution in [0.4, 0.5) is 5.69 Å². The Balaban J connectivity index is 1.58. The molecule has 2 aromatic carbocycles. The summed E-state index contributed by atoms with van der Waals surface area (Å²) < 4.78 is 27.5. The number of hydrogen-bond donors (Lipinski definition) is 2. The van der Waals surface area contributed by atoms with E-state index in [-0.39, 0.29) is 17.4 Å². The predicted molar refractivity (Wildman–Crippen MR) is 112 cm³/mol. The zero-order chi connectivity index (χ0) is 19.3. The molecule has 0 spiro atoms. The highest BCUT2D eigenvalue weighted by molar-refractivity contribution is 8.01. The Hall–Kier alpha value is -2.10. The van der Waals surface area contributed by atoms with E-state index < -0.39 is 10.0 Å². The minimum Gasteiger partial charge on any atom is -0.351 e. The van der Waals surface area contributed by atoms with Crippen LogP contribution in [0, 0.1) is 0 Å². The van der Waals surface area contributed by atoms with E-state index in [4.69, 9.17) is 0 Å². The zero-order valence-corrected chi connectivity index (χ0v) is 17.1. The lowest BCUT2D eigenvalue weighted by Gasteiger charge is -2.04. The number of carbonyl (C=O) groups is 1. The largest absolute Gasteiger partial charge is 0.351 e. The summed E-state index contributed by atoms with van der Waals surface area (Å²) in [5, 5.41) is 2.88. The second-order valence-corrected chi connectivity index (χ2v) is 9.98. The number of nitrogens with zero attached hydrogens (tertiary/aromatic N) is 1. The molecule has 0 aliphatic carbocycles. The van der Waals surface area contributed by atoms with Crippen molar-refractivity contribution in [3.8, 4) is 0 Å². The molecule has 0 atom stereocenters. The number of nitrogens with one attached hydrogen (secondary N) is 2. The lowest BCUT2D eigenvalue weighted by atomic mass is 10.2. The van der Waals surface area contributed by atoms with Gasteiger partial charge in [0.15, 0.2) is 4.34 Å². The van der Waals surface area contributed by atoms with Crippen molar-refractivity contribution in [2.75, 3.05) is 16.2 Å². The van der Waals surface area contributed by atoms with E-state index in [1.807, 2.05) is 30.3 Å². The Kier molecular flexibility index (Phi) is 6.35. The van der Waals surface area contributed by atoms with Crippen molar-refractivity contribution in [3.05, 3.63) is 54.1 Å². The van der Waals surface area contributed by atoms with E-state index >= 15 is 0 Å². The van der Waals surface area contributed by atoms with Gasteiger partial charge >= 0.3 is 0 Å². The van der Waals surface area contributed by atoms with E-state index in [0.717, 1.165) is 20.1 Å². The minimum absolute atomic E-state index is 0.0208. The van der Waals surface area contributed by atoms with Crippen molar-refractivity contribution in [1.82, 2.24) is 10.3 Å². The number of sulfonamides is 1. The van der Waals surface area contributed by atoms with Gasteiger partial charge in [-0.3, -0.25) is 9.52 Å². The molecule has 3 rings (SSSR count). The lowest BCUT2D eigenvalue weighted by molar-refractivity contribution is -0.118. The Morgan fingerprint density at radius 1 is 1.19 bits per heavy atom. The van der Waals surface area contributed by atoms with E-state index in [2.05, 4.69) is 15.0 Å². The first kappa shape index (κ1) is 19.7. The smallest absolute Gasteiger partial charge is 0.232 e. The molecule has 1 aromatic heterocycles. The molecule has 1 heterocycles. The van der Waals surface area contributed by atoms with Gasteiger partial charge in [0.1, 0.15) is 0 Å². The van der Waals surface area contributed by atoms with Crippen LogP contribution in [0.2, 0.25) is 0 Å². The number of benzene rings is 2. The number of aromatic nitrogens is 1. The number of carbonyl (C=O) groups excluding carboxylic acids is 1. The average Bonchev–Trinajstić information content (AvgIpc) is 3.07. The molecular weight excluding hydrogens is 402 g/mol. The minimum atomic E-state index is -3.31. The van der Waals surface area contributed by atoms with Crippen LogP contribution in [0.25, 0.3) is 10.2 Å². The van der Waals surface area contributed by atoms with E-state index in [0.29, 0.717) is 12.2 Å². The topological polar surface area (TPSA) is 88.2 Å². The number of thiazole rings is 1. The molecule has 0 bridgehead atoms. The summed E-state index contributed by atoms with van der Waals surface area (Å²) in [4.78, 5) is 16.5. The first-order chi connectivity index (χ1) is 12.9. The molecule has 0 saturated carbocycles. The van der Waals surface area contributed by atoms with E-state index in [1.54, 1.807) is 25.1 Å². The molecule has 6 nitrogen and oxygen atoms in total. The van der Waals surface area contributed by atoms with Crippen molar-refractivity contribution < 1.29 is 13.2 Å². The monoisotopic (exact) mass is 421 g/mol. The number of hydrogen-bond acceptors (Lipinski definition) is 6. The number of anilines is 1. The van der Waals surface area contributed by atoms with Crippen LogP contribution in [-0.2, 0) is 21.4 Å². The number of fused-ring (bicyclic) bond motifs is 1. The molecule has 0 fully saturated rings. The third-order valence-corrected chi connectivity index (χ3v) is 7.15. The van der Waals surface area contributed by atoms with Gasteiger partial charge in [0, 0.05) is 6.54 Å². The normalized spacial score (nSPS) is 11.4. The van der Waals surface area contributed by atoms with Gasteiger partial charge in [-0.15, -0.1) is 11.3 Å². The summed E-state index contributed by atoms with van der Waals surface area (Å²) in [5.41, 5.74) is 2.36. The molecule has 0 aliphatic rings. The molecule has 0 aliphatic heterocycles. The van der Waals surface area contributed by atoms with Gasteiger partial charge in [-0.25, -0.2) is 13.4 Å². The van der Waals surface area contributed by atoms with Crippen molar-refractivity contribution in [2.24, 2.45) is 0 Å². The van der Waals surface area contributed by atoms with Crippen LogP contribution in [-0.4, -0.2) is 30.8 Å². The predicted octanol–water partition coefficient (Wildman–Crippen LogP) is 3.47. The van der Waals surface area contributed by atoms with Gasteiger partial charge in [-0.1, -0.05) is 42.1 Å². The van der Waals surface area contributed by atoms with Gasteiger partial charge in [-0.2, -0.15) is 0 Å². The van der Waals surface area contributed by atoms with Crippen LogP contribution in [0.3, 0.4) is 0 Å². The molecule has 2 N–H and O–H groups in total. The molecule has 142 valence electrons. The van der Waals surface area contributed by atoms with Crippen LogP contribution < -0.4 is 10.0 Å². The van der Waals surface area contributed by atoms with Gasteiger partial charge in [0.25, 0.3) is 0 Å². The fraction of sp³-hybridized carbons (Fsp3) is 0.222. The molecular formula is C18H19N3O3S3. The van der Waals surface area contributed by atoms with Gasteiger partial charge in [-0.05, 0) is 30.7 Å². The summed E-state index contributed by atoms with van der Waals surface area (Å²) in [5.74, 6) is 0.244. The molecule has 0 saturated heterocycles. The summed E-state index contributed by atoms with van der Waals surface area (Å²) in [7, 11) is -3.31. The Morgan fingerprint density at radius 2 is 1.96 bits per heavy atom. The average molecular weight is 422 g/mol. The van der Waals surface area contributed by atoms with Crippen molar-refractivity contribution in [3.63, 3.8) is 0 Å². The standard InChI is InChI=1S/C18H19N3O3S3/c1-2-27(23,24)21-14-8-9-15-16(10-14)26-18(20-15)25-12-17(22)19-11-13-6-4-3-5-7-13/h3-10,21H,2,11-12H2,1H3,(H,19,22). The first-order valence-electron chi connectivity index (χ1n) is 8.30. The number of thioether (sulfide) groups is 1. The highest BCUT2D eigenvalue weighted by Crippen LogP contribution is 2.31. The van der Waals surface area contributed by atoms with Crippen LogP contribution in [0.1, 0.15) is 12.5 Å². The van der Waals surface area contributed by atoms with Crippen LogP contribution in [0.15, 0.2) is 52.9 Å². The summed E-state index contributed by atoms with van der Waals surface area (Å²) in [6, 6.07) is 15.0. The van der Waals surface area contributed by atoms with Gasteiger partial charge in [0.2, 0.25) is 15.9 Å². The fourth-order valence-corrected chi connectivity index (χ4v) is 4.82. The highest BCUT2D eigenvalue weighted by atomic mass is 32.2. The Bertz CT molecular complexity index is 1030. The lowest BCUT2D eigenvalue weighted by Crippen LogP contribution is -2.24. The molecule has 0 radical (unpaired) electrons. The van der Waals surface area contributed by atoms with Crippen molar-refractivity contribution in [1.29, 1.82) is 0 Å². The highest BCUT2D eigenvalue weighted by Gasteiger charge is 2.11. The third-order valence-electron chi connectivity index (χ3n) is 3.68. The second-order valence-electron chi connectivity index (χ2n) is 5.72. The fourth-order valence-electron chi connectivity index (χ4n) is 2.26. The second kappa shape index (κ2) is 8.73. The van der Waals surface area contributed by atoms with Crippen LogP contribution >= 0.6 is 23.1 Å². The summed E-state index contributed by atoms with van der Waals surface area (Å²) in [6.07, 6.45) is 0. The Morgan fingerprint density at radius 3 is 2.70 bits per heavy atom. The van der Waals surface area contributed by atoms with E-state index in [9.17, 15) is 13.2 Å². The SMILES string of the molecule is CCS(=O)(=O)Nc1ccc2nc(SCC(=O)NCc3ccccc3)sc2c1. The maximum atomic E-state index is 12.0. The summed E-state index contributed by atoms with van der Waals surface area (Å²) in [6.45, 7) is 2.09.